The van der Waals surface area contributed by atoms with Crippen molar-refractivity contribution in [1.29, 1.82) is 0 Å². The second-order valence-electron chi connectivity index (χ2n) is 6.95. The van der Waals surface area contributed by atoms with Crippen LogP contribution < -0.4 is 0 Å². The lowest BCUT2D eigenvalue weighted by atomic mass is 9.92. The van der Waals surface area contributed by atoms with E-state index in [-0.39, 0.29) is 11.7 Å². The van der Waals surface area contributed by atoms with E-state index in [2.05, 4.69) is 0 Å². The van der Waals surface area contributed by atoms with Gasteiger partial charge in [-0.1, -0.05) is 30.3 Å². The lowest BCUT2D eigenvalue weighted by Gasteiger charge is -2.33. The van der Waals surface area contributed by atoms with Crippen LogP contribution in [0, 0.1) is 11.7 Å². The molecule has 3 rings (SSSR count). The smallest absolute Gasteiger partial charge is 0.254 e. The molecular formula is C22H26FNO2. The van der Waals surface area contributed by atoms with E-state index in [4.69, 9.17) is 4.74 Å². The number of benzene rings is 2. The van der Waals surface area contributed by atoms with Crippen LogP contribution in [-0.4, -0.2) is 37.6 Å². The topological polar surface area (TPSA) is 29.5 Å². The number of halogens is 1. The Morgan fingerprint density at radius 2 is 1.96 bits per heavy atom. The van der Waals surface area contributed by atoms with E-state index >= 15 is 0 Å². The molecule has 1 heterocycles. The number of hydrogen-bond donors (Lipinski definition) is 0. The maximum atomic E-state index is 13.2. The average Bonchev–Trinajstić information content (AvgIpc) is 2.68. The third-order valence-electron chi connectivity index (χ3n) is 5.08. The molecule has 0 bridgehead atoms. The lowest BCUT2D eigenvalue weighted by Crippen LogP contribution is -2.40. The molecule has 0 radical (unpaired) electrons. The van der Waals surface area contributed by atoms with Crippen LogP contribution in [0.2, 0.25) is 0 Å². The normalized spacial score (nSPS) is 17.3. The third kappa shape index (κ3) is 4.50. The van der Waals surface area contributed by atoms with Gasteiger partial charge >= 0.3 is 0 Å². The molecule has 0 saturated carbocycles. The summed E-state index contributed by atoms with van der Waals surface area (Å²) in [5.41, 5.74) is 2.42. The Bertz CT molecular complexity index is 729. The predicted molar refractivity (Wildman–Crippen MR) is 102 cm³/mol. The minimum absolute atomic E-state index is 0.0707. The molecule has 1 aliphatic heterocycles. The second kappa shape index (κ2) is 8.95. The van der Waals surface area contributed by atoms with Crippen LogP contribution in [0.3, 0.4) is 0 Å². The Balaban J connectivity index is 1.76. The summed E-state index contributed by atoms with van der Waals surface area (Å²) in [6.07, 6.45) is 4.35. The molecule has 2 aromatic carbocycles. The molecule has 0 unspecified atom stereocenters. The van der Waals surface area contributed by atoms with E-state index in [0.29, 0.717) is 11.5 Å². The molecule has 0 aromatic heterocycles. The molecule has 3 nitrogen and oxygen atoms in total. The highest BCUT2D eigenvalue weighted by atomic mass is 19.1. The van der Waals surface area contributed by atoms with Crippen molar-refractivity contribution in [2.45, 2.75) is 25.7 Å². The zero-order chi connectivity index (χ0) is 18.4. The fourth-order valence-electron chi connectivity index (χ4n) is 3.72. The minimum Gasteiger partial charge on any atom is -0.385 e. The van der Waals surface area contributed by atoms with Crippen molar-refractivity contribution in [3.05, 3.63) is 59.9 Å². The van der Waals surface area contributed by atoms with Gasteiger partial charge in [0.25, 0.3) is 5.91 Å². The van der Waals surface area contributed by atoms with E-state index in [0.717, 1.165) is 50.1 Å². The average molecular weight is 355 g/mol. The predicted octanol–water partition coefficient (Wildman–Crippen LogP) is 4.77. The first-order valence-electron chi connectivity index (χ1n) is 9.32. The summed E-state index contributed by atoms with van der Waals surface area (Å²) in [6.45, 7) is 2.38. The standard InChI is InChI=1S/C22H26FNO2/c1-26-15-5-7-17-6-4-14-24(16-17)22(25)21-9-3-2-8-20(21)18-10-12-19(23)13-11-18/h2-3,8-13,17H,4-7,14-16H2,1H3/t17-/m1/s1. The van der Waals surface area contributed by atoms with Gasteiger partial charge < -0.3 is 9.64 Å². The number of nitrogens with zero attached hydrogens (tertiary/aromatic N) is 1. The molecule has 1 aliphatic rings. The van der Waals surface area contributed by atoms with Gasteiger partial charge in [0.05, 0.1) is 0 Å². The van der Waals surface area contributed by atoms with Gasteiger partial charge in [-0.3, -0.25) is 4.79 Å². The number of carbonyl (C=O) groups excluding carboxylic acids is 1. The maximum absolute atomic E-state index is 13.2. The van der Waals surface area contributed by atoms with E-state index in [1.165, 1.54) is 18.6 Å². The Morgan fingerprint density at radius 1 is 1.19 bits per heavy atom. The molecule has 0 N–H and O–H groups in total. The first-order chi connectivity index (χ1) is 12.7. The molecule has 2 aromatic rings. The molecule has 1 fully saturated rings. The van der Waals surface area contributed by atoms with Crippen LogP contribution >= 0.6 is 0 Å². The summed E-state index contributed by atoms with van der Waals surface area (Å²) in [6, 6.07) is 13.9. The van der Waals surface area contributed by atoms with E-state index in [1.807, 2.05) is 29.2 Å². The fraction of sp³-hybridized carbons (Fsp3) is 0.409. The fourth-order valence-corrected chi connectivity index (χ4v) is 3.72. The van der Waals surface area contributed by atoms with E-state index < -0.39 is 0 Å². The number of carbonyl (C=O) groups is 1. The Labute approximate surface area is 154 Å². The van der Waals surface area contributed by atoms with Crippen LogP contribution in [0.15, 0.2) is 48.5 Å². The second-order valence-corrected chi connectivity index (χ2v) is 6.95. The minimum atomic E-state index is -0.271. The highest BCUT2D eigenvalue weighted by Crippen LogP contribution is 2.28. The van der Waals surface area contributed by atoms with Crippen molar-refractivity contribution >= 4 is 5.91 Å². The van der Waals surface area contributed by atoms with Crippen molar-refractivity contribution in [3.8, 4) is 11.1 Å². The summed E-state index contributed by atoms with van der Waals surface area (Å²) >= 11 is 0. The van der Waals surface area contributed by atoms with E-state index in [9.17, 15) is 9.18 Å². The first kappa shape index (κ1) is 18.6. The quantitative estimate of drug-likeness (QED) is 0.699. The van der Waals surface area contributed by atoms with Crippen LogP contribution in [0.4, 0.5) is 4.39 Å². The first-order valence-corrected chi connectivity index (χ1v) is 9.32. The van der Waals surface area contributed by atoms with Crippen LogP contribution in [-0.2, 0) is 4.74 Å². The molecule has 1 amide bonds. The van der Waals surface area contributed by atoms with Gasteiger partial charge in [0, 0.05) is 32.4 Å². The number of amides is 1. The number of piperidine rings is 1. The molecule has 138 valence electrons. The molecular weight excluding hydrogens is 329 g/mol. The third-order valence-corrected chi connectivity index (χ3v) is 5.08. The van der Waals surface area contributed by atoms with Gasteiger partial charge in [0.1, 0.15) is 5.82 Å². The molecule has 1 saturated heterocycles. The van der Waals surface area contributed by atoms with Crippen molar-refractivity contribution < 1.29 is 13.9 Å². The maximum Gasteiger partial charge on any atom is 0.254 e. The molecule has 4 heteroatoms. The number of likely N-dealkylation sites (tertiary alicyclic amines) is 1. The molecule has 0 aliphatic carbocycles. The monoisotopic (exact) mass is 355 g/mol. The van der Waals surface area contributed by atoms with Crippen LogP contribution in [0.25, 0.3) is 11.1 Å². The van der Waals surface area contributed by atoms with Crippen molar-refractivity contribution in [2.75, 3.05) is 26.8 Å². The Morgan fingerprint density at radius 3 is 2.73 bits per heavy atom. The summed E-state index contributed by atoms with van der Waals surface area (Å²) < 4.78 is 18.4. The largest absolute Gasteiger partial charge is 0.385 e. The van der Waals surface area contributed by atoms with Gasteiger partial charge in [-0.15, -0.1) is 0 Å². The number of rotatable bonds is 6. The zero-order valence-corrected chi connectivity index (χ0v) is 15.3. The lowest BCUT2D eigenvalue weighted by molar-refractivity contribution is 0.0661. The van der Waals surface area contributed by atoms with Gasteiger partial charge in [-0.05, 0) is 60.9 Å². The zero-order valence-electron chi connectivity index (χ0n) is 15.3. The summed E-state index contributed by atoms with van der Waals surface area (Å²) in [4.78, 5) is 15.1. The molecule has 26 heavy (non-hydrogen) atoms. The number of hydrogen-bond acceptors (Lipinski definition) is 2. The Kier molecular flexibility index (Phi) is 6.40. The number of ether oxygens (including phenoxy) is 1. The summed E-state index contributed by atoms with van der Waals surface area (Å²) in [5, 5.41) is 0. The van der Waals surface area contributed by atoms with Gasteiger partial charge in [0.2, 0.25) is 0 Å². The van der Waals surface area contributed by atoms with Crippen molar-refractivity contribution in [2.24, 2.45) is 5.92 Å². The number of methoxy groups -OCH3 is 1. The van der Waals surface area contributed by atoms with Gasteiger partial charge in [-0.2, -0.15) is 0 Å². The highest BCUT2D eigenvalue weighted by molar-refractivity contribution is 6.00. The summed E-state index contributed by atoms with van der Waals surface area (Å²) in [5.74, 6) is 0.342. The summed E-state index contributed by atoms with van der Waals surface area (Å²) in [7, 11) is 1.73. The SMILES string of the molecule is COCCC[C@H]1CCCN(C(=O)c2ccccc2-c2ccc(F)cc2)C1. The van der Waals surface area contributed by atoms with Crippen LogP contribution in [0.5, 0.6) is 0 Å². The molecule has 1 atom stereocenters. The van der Waals surface area contributed by atoms with Crippen molar-refractivity contribution in [3.63, 3.8) is 0 Å². The van der Waals surface area contributed by atoms with Crippen molar-refractivity contribution in [1.82, 2.24) is 4.90 Å². The Hall–Kier alpha value is -2.20. The van der Waals surface area contributed by atoms with Gasteiger partial charge in [0.15, 0.2) is 0 Å². The van der Waals surface area contributed by atoms with E-state index in [1.54, 1.807) is 19.2 Å². The van der Waals surface area contributed by atoms with Gasteiger partial charge in [-0.25, -0.2) is 4.39 Å². The van der Waals surface area contributed by atoms with Crippen LogP contribution in [0.1, 0.15) is 36.0 Å². The highest BCUT2D eigenvalue weighted by Gasteiger charge is 2.25. The molecule has 0 spiro atoms.